The van der Waals surface area contributed by atoms with Crippen molar-refractivity contribution in [1.82, 2.24) is 0 Å². The monoisotopic (exact) mass is 488 g/mol. The minimum Gasteiger partial charge on any atom is -0.394 e. The molecule has 0 bridgehead atoms. The van der Waals surface area contributed by atoms with Crippen LogP contribution in [-0.2, 0) is 10.2 Å². The molecule has 2 atom stereocenters. The van der Waals surface area contributed by atoms with E-state index in [9.17, 15) is 20.1 Å². The Morgan fingerprint density at radius 1 is 0.694 bits per heavy atom. The molecule has 0 spiro atoms. The Kier molecular flexibility index (Phi) is 10.4. The predicted molar refractivity (Wildman–Crippen MR) is 145 cm³/mol. The Labute approximate surface area is 215 Å². The van der Waals surface area contributed by atoms with Crippen molar-refractivity contribution in [3.63, 3.8) is 0 Å². The molecule has 0 aliphatic rings. The Morgan fingerprint density at radius 3 is 1.47 bits per heavy atom. The molecule has 4 nitrogen and oxygen atoms in total. The van der Waals surface area contributed by atoms with E-state index in [1.165, 1.54) is 19.3 Å². The van der Waals surface area contributed by atoms with Crippen LogP contribution in [0.3, 0.4) is 0 Å². The molecule has 0 aliphatic carbocycles. The minimum absolute atomic E-state index is 0.121. The standard InChI is InChI=1S/C32H40O4/c1-2-3-4-5-6-7-17-24-29(34)32(36,30(35)25-33)31(26-18-11-8-12-19-26,27-20-13-9-14-21-27)28-22-15-10-16-23-28/h8-16,18-23,30,33,35-36H,2-7,17,24-25H2,1H3. The van der Waals surface area contributed by atoms with E-state index in [2.05, 4.69) is 6.92 Å². The number of Topliss-reactive ketones (excluding diaryl/α,β-unsaturated/α-hetero) is 1. The number of aliphatic hydroxyl groups excluding tert-OH is 2. The fourth-order valence-electron chi connectivity index (χ4n) is 5.43. The first-order chi connectivity index (χ1) is 17.5. The third-order valence-corrected chi connectivity index (χ3v) is 7.28. The van der Waals surface area contributed by atoms with Crippen LogP contribution < -0.4 is 0 Å². The summed E-state index contributed by atoms with van der Waals surface area (Å²) in [5, 5.41) is 33.9. The van der Waals surface area contributed by atoms with E-state index in [0.717, 1.165) is 19.3 Å². The van der Waals surface area contributed by atoms with Gasteiger partial charge >= 0.3 is 0 Å². The molecule has 3 N–H and O–H groups in total. The van der Waals surface area contributed by atoms with E-state index in [1.54, 1.807) is 0 Å². The van der Waals surface area contributed by atoms with Gasteiger partial charge in [-0.1, -0.05) is 136 Å². The SMILES string of the molecule is CCCCCCCCCC(=O)C(O)(C(O)CO)C(c1ccccc1)(c1ccccc1)c1ccccc1. The van der Waals surface area contributed by atoms with Gasteiger partial charge in [0.25, 0.3) is 0 Å². The summed E-state index contributed by atoms with van der Waals surface area (Å²) >= 11 is 0. The quantitative estimate of drug-likeness (QED) is 0.186. The van der Waals surface area contributed by atoms with Gasteiger partial charge in [0.05, 0.1) is 12.0 Å². The molecule has 0 radical (unpaired) electrons. The van der Waals surface area contributed by atoms with Gasteiger partial charge in [-0.25, -0.2) is 0 Å². The number of unbranched alkanes of at least 4 members (excludes halogenated alkanes) is 6. The van der Waals surface area contributed by atoms with Gasteiger partial charge in [-0.05, 0) is 23.1 Å². The molecule has 3 rings (SSSR count). The summed E-state index contributed by atoms with van der Waals surface area (Å²) in [6.45, 7) is 1.44. The largest absolute Gasteiger partial charge is 0.394 e. The zero-order valence-corrected chi connectivity index (χ0v) is 21.4. The van der Waals surface area contributed by atoms with Crippen LogP contribution in [0.1, 0.15) is 75.0 Å². The van der Waals surface area contributed by atoms with Crippen molar-refractivity contribution in [2.75, 3.05) is 6.61 Å². The number of ketones is 1. The topological polar surface area (TPSA) is 77.8 Å². The lowest BCUT2D eigenvalue weighted by Crippen LogP contribution is -2.65. The molecule has 0 aliphatic heterocycles. The van der Waals surface area contributed by atoms with E-state index in [1.807, 2.05) is 91.0 Å². The maximum atomic E-state index is 14.0. The van der Waals surface area contributed by atoms with Gasteiger partial charge < -0.3 is 15.3 Å². The summed E-state index contributed by atoms with van der Waals surface area (Å²) in [5.41, 5.74) is -1.72. The van der Waals surface area contributed by atoms with E-state index in [0.29, 0.717) is 23.1 Å². The van der Waals surface area contributed by atoms with Gasteiger partial charge in [0.15, 0.2) is 11.4 Å². The fourth-order valence-corrected chi connectivity index (χ4v) is 5.43. The summed E-state index contributed by atoms with van der Waals surface area (Å²) < 4.78 is 0. The molecule has 0 amide bonds. The van der Waals surface area contributed by atoms with Gasteiger partial charge in [0, 0.05) is 6.42 Å². The molecule has 3 aromatic rings. The second-order valence-electron chi connectivity index (χ2n) is 9.61. The van der Waals surface area contributed by atoms with Gasteiger partial charge in [0.1, 0.15) is 6.10 Å². The average Bonchev–Trinajstić information content (AvgIpc) is 2.94. The minimum atomic E-state index is -2.30. The third-order valence-electron chi connectivity index (χ3n) is 7.28. The number of benzene rings is 3. The van der Waals surface area contributed by atoms with E-state index in [-0.39, 0.29) is 6.42 Å². The van der Waals surface area contributed by atoms with Crippen LogP contribution in [0, 0.1) is 0 Å². The normalized spacial score (nSPS) is 14.2. The third kappa shape index (κ3) is 5.62. The molecule has 0 fully saturated rings. The number of carbonyl (C=O) groups excluding carboxylic acids is 1. The maximum absolute atomic E-state index is 14.0. The lowest BCUT2D eigenvalue weighted by molar-refractivity contribution is -0.164. The first-order valence-electron chi connectivity index (χ1n) is 13.2. The molecular weight excluding hydrogens is 448 g/mol. The van der Waals surface area contributed by atoms with E-state index < -0.39 is 29.5 Å². The summed E-state index contributed by atoms with van der Waals surface area (Å²) in [5.74, 6) is -0.464. The molecule has 0 aromatic heterocycles. The number of aliphatic hydroxyl groups is 3. The van der Waals surface area contributed by atoms with E-state index in [4.69, 9.17) is 0 Å². The molecule has 0 saturated carbocycles. The molecular formula is C32H40O4. The zero-order chi connectivity index (χ0) is 25.9. The second kappa shape index (κ2) is 13.5. The van der Waals surface area contributed by atoms with Crippen molar-refractivity contribution in [2.24, 2.45) is 0 Å². The van der Waals surface area contributed by atoms with Crippen LogP contribution in [0.25, 0.3) is 0 Å². The Hall–Kier alpha value is -2.79. The highest BCUT2D eigenvalue weighted by Crippen LogP contribution is 2.50. The Balaban J connectivity index is 2.14. The molecule has 192 valence electrons. The van der Waals surface area contributed by atoms with Crippen LogP contribution in [0.15, 0.2) is 91.0 Å². The Morgan fingerprint density at radius 2 is 1.08 bits per heavy atom. The van der Waals surface area contributed by atoms with Gasteiger partial charge in [-0.15, -0.1) is 0 Å². The van der Waals surface area contributed by atoms with Crippen molar-refractivity contribution in [2.45, 2.75) is 75.4 Å². The molecule has 36 heavy (non-hydrogen) atoms. The average molecular weight is 489 g/mol. The van der Waals surface area contributed by atoms with Crippen LogP contribution in [-0.4, -0.2) is 39.4 Å². The Bertz CT molecular complexity index is 939. The van der Waals surface area contributed by atoms with Crippen molar-refractivity contribution in [1.29, 1.82) is 0 Å². The lowest BCUT2D eigenvalue weighted by Gasteiger charge is -2.49. The highest BCUT2D eigenvalue weighted by molar-refractivity contribution is 5.92. The molecule has 2 unspecified atom stereocenters. The van der Waals surface area contributed by atoms with Crippen molar-refractivity contribution < 1.29 is 20.1 Å². The summed E-state index contributed by atoms with van der Waals surface area (Å²) in [4.78, 5) is 14.0. The van der Waals surface area contributed by atoms with Crippen LogP contribution in [0.5, 0.6) is 0 Å². The second-order valence-corrected chi connectivity index (χ2v) is 9.61. The first-order valence-corrected chi connectivity index (χ1v) is 13.2. The van der Waals surface area contributed by atoms with Crippen molar-refractivity contribution in [3.05, 3.63) is 108 Å². The van der Waals surface area contributed by atoms with Crippen molar-refractivity contribution in [3.8, 4) is 0 Å². The summed E-state index contributed by atoms with van der Waals surface area (Å²) in [7, 11) is 0. The molecule has 3 aromatic carbocycles. The zero-order valence-electron chi connectivity index (χ0n) is 21.4. The van der Waals surface area contributed by atoms with Gasteiger partial charge in [-0.3, -0.25) is 4.79 Å². The number of hydrogen-bond donors (Lipinski definition) is 3. The van der Waals surface area contributed by atoms with Crippen LogP contribution in [0.4, 0.5) is 0 Å². The smallest absolute Gasteiger partial charge is 0.168 e. The lowest BCUT2D eigenvalue weighted by atomic mass is 9.56. The molecule has 0 saturated heterocycles. The highest BCUT2D eigenvalue weighted by atomic mass is 16.4. The number of carbonyl (C=O) groups is 1. The fraction of sp³-hybridized carbons (Fsp3) is 0.406. The van der Waals surface area contributed by atoms with E-state index >= 15 is 0 Å². The summed E-state index contributed by atoms with van der Waals surface area (Å²) in [6.07, 6.45) is 5.71. The number of rotatable bonds is 15. The van der Waals surface area contributed by atoms with Crippen molar-refractivity contribution >= 4 is 5.78 Å². The predicted octanol–water partition coefficient (Wildman–Crippen LogP) is 5.82. The van der Waals surface area contributed by atoms with Crippen LogP contribution >= 0.6 is 0 Å². The number of hydrogen-bond acceptors (Lipinski definition) is 4. The van der Waals surface area contributed by atoms with Crippen LogP contribution in [0.2, 0.25) is 0 Å². The molecule has 4 heteroatoms. The molecule has 0 heterocycles. The maximum Gasteiger partial charge on any atom is 0.168 e. The summed E-state index contributed by atoms with van der Waals surface area (Å²) in [6, 6.07) is 28.1. The van der Waals surface area contributed by atoms with Gasteiger partial charge in [0.2, 0.25) is 0 Å². The van der Waals surface area contributed by atoms with Gasteiger partial charge in [-0.2, -0.15) is 0 Å². The first kappa shape index (κ1) is 27.8. The highest BCUT2D eigenvalue weighted by Gasteiger charge is 2.61.